The summed E-state index contributed by atoms with van der Waals surface area (Å²) in [6.07, 6.45) is 3.12. The van der Waals surface area contributed by atoms with E-state index >= 15 is 0 Å². The molecule has 1 aromatic heterocycles. The Bertz CT molecular complexity index is 1160. The van der Waals surface area contributed by atoms with Crippen molar-refractivity contribution in [3.63, 3.8) is 0 Å². The first-order chi connectivity index (χ1) is 14.7. The Morgan fingerprint density at radius 1 is 1.16 bits per heavy atom. The third kappa shape index (κ3) is 6.09. The lowest BCUT2D eigenvalue weighted by molar-refractivity contribution is 0.0205. The number of nitrogens with two attached hydrogens (primary N) is 1. The van der Waals surface area contributed by atoms with Crippen LogP contribution in [-0.4, -0.2) is 35.8 Å². The molecule has 164 valence electrons. The molecular weight excluding hydrogens is 476 g/mol. The highest BCUT2D eigenvalue weighted by molar-refractivity contribution is 8.22. The van der Waals surface area contributed by atoms with E-state index in [4.69, 9.17) is 33.4 Å². The molecule has 0 amide bonds. The smallest absolute Gasteiger partial charge is 0.238 e. The van der Waals surface area contributed by atoms with Gasteiger partial charge in [-0.1, -0.05) is 59.8 Å². The predicted molar refractivity (Wildman–Crippen MR) is 129 cm³/mol. The maximum atomic E-state index is 11.6. The van der Waals surface area contributed by atoms with Gasteiger partial charge in [0.15, 0.2) is 4.32 Å². The van der Waals surface area contributed by atoms with Crippen molar-refractivity contribution < 1.29 is 18.0 Å². The zero-order valence-corrected chi connectivity index (χ0v) is 19.8. The number of rotatable bonds is 7. The van der Waals surface area contributed by atoms with E-state index in [9.17, 15) is 13.6 Å². The second kappa shape index (κ2) is 10.2. The van der Waals surface area contributed by atoms with Crippen LogP contribution in [0.1, 0.15) is 12.2 Å². The van der Waals surface area contributed by atoms with Crippen molar-refractivity contribution in [2.24, 2.45) is 5.14 Å². The number of sulfonamides is 1. The van der Waals surface area contributed by atoms with Crippen LogP contribution in [0.25, 0.3) is 22.3 Å². The zero-order chi connectivity index (χ0) is 22.6. The molecule has 0 saturated heterocycles. The zero-order valence-electron chi connectivity index (χ0n) is 16.6. The van der Waals surface area contributed by atoms with Crippen LogP contribution in [0.15, 0.2) is 64.1 Å². The molecule has 0 atom stereocenters. The number of thioether (sulfide) groups is 1. The number of benzene rings is 2. The highest BCUT2D eigenvalue weighted by Gasteiger charge is 2.18. The molecule has 0 fully saturated rings. The molecule has 0 radical (unpaired) electrons. The van der Waals surface area contributed by atoms with E-state index in [1.807, 2.05) is 24.3 Å². The molecule has 0 spiro atoms. The first-order valence-electron chi connectivity index (χ1n) is 9.25. The Balaban J connectivity index is 1.91. The normalized spacial score (nSPS) is 11.5. The summed E-state index contributed by atoms with van der Waals surface area (Å²) in [5.41, 5.74) is 3.52. The highest BCUT2D eigenvalue weighted by Crippen LogP contribution is 2.38. The van der Waals surface area contributed by atoms with E-state index in [-0.39, 0.29) is 4.90 Å². The average molecular weight is 497 g/mol. The lowest BCUT2D eigenvalue weighted by atomic mass is 9.95. The first-order valence-corrected chi connectivity index (χ1v) is 12.6. The van der Waals surface area contributed by atoms with Gasteiger partial charge in [-0.3, -0.25) is 5.21 Å². The van der Waals surface area contributed by atoms with Crippen molar-refractivity contribution in [2.75, 3.05) is 12.8 Å². The molecule has 0 aliphatic rings. The summed E-state index contributed by atoms with van der Waals surface area (Å²) in [6, 6.07) is 13.8. The fraction of sp³-hybridized carbons (Fsp3) is 0.190. The van der Waals surface area contributed by atoms with Gasteiger partial charge < -0.3 is 4.42 Å². The standard InChI is InChI=1S/C21H21ClN2O4S3/c1-24(25)21(29)30-12-2-3-19-20(15-4-8-16(22)9-5-15)18(13-28-19)14-6-10-17(11-7-14)31(23,26)27/h4-11,13,25H,2-3,12H2,1H3,(H2,23,26,27). The van der Waals surface area contributed by atoms with Crippen LogP contribution in [0.2, 0.25) is 5.02 Å². The summed E-state index contributed by atoms with van der Waals surface area (Å²) >= 11 is 12.5. The number of thiocarbonyl (C=S) groups is 1. The molecule has 0 aliphatic heterocycles. The first kappa shape index (κ1) is 23.8. The van der Waals surface area contributed by atoms with Crippen molar-refractivity contribution in [1.82, 2.24) is 5.06 Å². The van der Waals surface area contributed by atoms with Gasteiger partial charge in [0.05, 0.1) is 11.2 Å². The Kier molecular flexibility index (Phi) is 7.79. The van der Waals surface area contributed by atoms with Gasteiger partial charge in [-0.25, -0.2) is 18.6 Å². The second-order valence-corrected chi connectivity index (χ2v) is 10.5. The van der Waals surface area contributed by atoms with Gasteiger partial charge in [-0.05, 0) is 41.8 Å². The number of hydroxylamine groups is 2. The quantitative estimate of drug-likeness (QED) is 0.264. The molecule has 10 heteroatoms. The summed E-state index contributed by atoms with van der Waals surface area (Å²) in [5, 5.41) is 16.1. The minimum Gasteiger partial charge on any atom is -0.468 e. The number of nitrogens with zero attached hydrogens (tertiary/aromatic N) is 1. The molecule has 31 heavy (non-hydrogen) atoms. The van der Waals surface area contributed by atoms with E-state index < -0.39 is 10.0 Å². The van der Waals surface area contributed by atoms with Gasteiger partial charge in [0.1, 0.15) is 5.76 Å². The Morgan fingerprint density at radius 2 is 1.77 bits per heavy atom. The maximum absolute atomic E-state index is 11.6. The Morgan fingerprint density at radius 3 is 2.35 bits per heavy atom. The van der Waals surface area contributed by atoms with E-state index in [0.29, 0.717) is 15.8 Å². The molecule has 0 aliphatic carbocycles. The monoisotopic (exact) mass is 496 g/mol. The molecule has 3 N–H and O–H groups in total. The number of furan rings is 1. The molecule has 1 heterocycles. The van der Waals surface area contributed by atoms with Crippen molar-refractivity contribution in [3.8, 4) is 22.3 Å². The van der Waals surface area contributed by atoms with E-state index in [0.717, 1.165) is 45.3 Å². The maximum Gasteiger partial charge on any atom is 0.238 e. The van der Waals surface area contributed by atoms with E-state index in [2.05, 4.69) is 0 Å². The highest BCUT2D eigenvalue weighted by atomic mass is 35.5. The number of hydrogen-bond acceptors (Lipinski definition) is 6. The van der Waals surface area contributed by atoms with Gasteiger partial charge in [-0.2, -0.15) is 0 Å². The molecule has 2 aromatic carbocycles. The number of halogens is 1. The minimum atomic E-state index is -3.76. The summed E-state index contributed by atoms with van der Waals surface area (Å²) in [4.78, 5) is 0.0508. The topological polar surface area (TPSA) is 96.8 Å². The molecular formula is C21H21ClN2O4S3. The molecule has 3 aromatic rings. The molecule has 3 rings (SSSR count). The number of primary sulfonamides is 1. The van der Waals surface area contributed by atoms with Crippen molar-refractivity contribution in [1.29, 1.82) is 0 Å². The van der Waals surface area contributed by atoms with Crippen LogP contribution < -0.4 is 5.14 Å². The van der Waals surface area contributed by atoms with Gasteiger partial charge >= 0.3 is 0 Å². The van der Waals surface area contributed by atoms with Crippen LogP contribution in [0.3, 0.4) is 0 Å². The second-order valence-electron chi connectivity index (χ2n) is 6.77. The van der Waals surface area contributed by atoms with Gasteiger partial charge in [0.25, 0.3) is 0 Å². The lowest BCUT2D eigenvalue weighted by Gasteiger charge is -2.10. The SMILES string of the molecule is CN(O)C(=S)SCCCc1occ(-c2ccc(S(N)(=O)=O)cc2)c1-c1ccc(Cl)cc1. The Labute approximate surface area is 196 Å². The van der Waals surface area contributed by atoms with Crippen molar-refractivity contribution in [2.45, 2.75) is 17.7 Å². The summed E-state index contributed by atoms with van der Waals surface area (Å²) in [5.74, 6) is 1.53. The molecule has 6 nitrogen and oxygen atoms in total. The van der Waals surface area contributed by atoms with E-state index in [1.54, 1.807) is 18.4 Å². The largest absolute Gasteiger partial charge is 0.468 e. The van der Waals surface area contributed by atoms with Crippen molar-refractivity contribution >= 4 is 49.9 Å². The summed E-state index contributed by atoms with van der Waals surface area (Å²) < 4.78 is 29.4. The molecule has 0 bridgehead atoms. The Hall–Kier alpha value is -1.88. The lowest BCUT2D eigenvalue weighted by Crippen LogP contribution is -2.17. The van der Waals surface area contributed by atoms with Crippen LogP contribution >= 0.6 is 35.6 Å². The fourth-order valence-electron chi connectivity index (χ4n) is 3.04. The number of aryl methyl sites for hydroxylation is 1. The van der Waals surface area contributed by atoms with Gasteiger partial charge in [-0.15, -0.1) is 0 Å². The van der Waals surface area contributed by atoms with E-state index in [1.165, 1.54) is 30.9 Å². The fourth-order valence-corrected chi connectivity index (χ4v) is 4.58. The number of hydrogen-bond donors (Lipinski definition) is 2. The predicted octanol–water partition coefficient (Wildman–Crippen LogP) is 5.19. The summed E-state index contributed by atoms with van der Waals surface area (Å²) in [7, 11) is -2.27. The molecule has 0 saturated carbocycles. The molecule has 0 unspecified atom stereocenters. The minimum absolute atomic E-state index is 0.0508. The third-order valence-electron chi connectivity index (χ3n) is 4.53. The van der Waals surface area contributed by atoms with Crippen LogP contribution in [0.5, 0.6) is 0 Å². The van der Waals surface area contributed by atoms with Crippen LogP contribution in [-0.2, 0) is 16.4 Å². The van der Waals surface area contributed by atoms with Gasteiger partial charge in [0, 0.05) is 35.4 Å². The average Bonchev–Trinajstić information content (AvgIpc) is 3.15. The van der Waals surface area contributed by atoms with Crippen LogP contribution in [0.4, 0.5) is 0 Å². The summed E-state index contributed by atoms with van der Waals surface area (Å²) in [6.45, 7) is 0. The van der Waals surface area contributed by atoms with Gasteiger partial charge in [0.2, 0.25) is 10.0 Å². The third-order valence-corrected chi connectivity index (χ3v) is 7.33. The van der Waals surface area contributed by atoms with Crippen molar-refractivity contribution in [3.05, 3.63) is 65.6 Å². The van der Waals surface area contributed by atoms with Crippen LogP contribution in [0, 0.1) is 0 Å².